The smallest absolute Gasteiger partial charge is 0.226 e. The average Bonchev–Trinajstić information content (AvgIpc) is 2.30. The van der Waals surface area contributed by atoms with Crippen LogP contribution in [0.2, 0.25) is 0 Å². The zero-order chi connectivity index (χ0) is 11.6. The van der Waals surface area contributed by atoms with Gasteiger partial charge in [0.25, 0.3) is 0 Å². The summed E-state index contributed by atoms with van der Waals surface area (Å²) in [6, 6.07) is 3.18. The number of primary sulfonamides is 1. The molecule has 0 spiro atoms. The van der Waals surface area contributed by atoms with Crippen LogP contribution in [0, 0.1) is 0 Å². The monoisotopic (exact) mass is 238 g/mol. The molecule has 0 fully saturated rings. The van der Waals surface area contributed by atoms with Gasteiger partial charge in [-0.3, -0.25) is 4.99 Å². The molecular formula is C9H10N4O2S. The Morgan fingerprint density at radius 2 is 2.25 bits per heavy atom. The Morgan fingerprint density at radius 3 is 2.75 bits per heavy atom. The molecule has 1 aromatic rings. The number of nitrogens with zero attached hydrogens (tertiary/aromatic N) is 3. The van der Waals surface area contributed by atoms with E-state index in [1.807, 2.05) is 0 Å². The van der Waals surface area contributed by atoms with E-state index in [1.54, 1.807) is 18.2 Å². The Kier molecular flexibility index (Phi) is 2.56. The predicted molar refractivity (Wildman–Crippen MR) is 59.3 cm³/mol. The van der Waals surface area contributed by atoms with Gasteiger partial charge in [0.1, 0.15) is 0 Å². The molecule has 16 heavy (non-hydrogen) atoms. The second kappa shape index (κ2) is 3.76. The van der Waals surface area contributed by atoms with E-state index in [2.05, 4.69) is 15.2 Å². The predicted octanol–water partition coefficient (Wildman–Crippen LogP) is -0.399. The second-order valence-electron chi connectivity index (χ2n) is 3.39. The number of sulfonamides is 1. The summed E-state index contributed by atoms with van der Waals surface area (Å²) in [4.78, 5) is 3.93. The van der Waals surface area contributed by atoms with Crippen molar-refractivity contribution in [2.75, 3.05) is 6.54 Å². The van der Waals surface area contributed by atoms with Crippen molar-refractivity contribution in [2.45, 2.75) is 4.75 Å². The average molecular weight is 238 g/mol. The molecule has 0 saturated carbocycles. The van der Waals surface area contributed by atoms with Crippen molar-refractivity contribution in [3.63, 3.8) is 0 Å². The number of hydrogen-bond donors (Lipinski definition) is 1. The highest BCUT2D eigenvalue weighted by Crippen LogP contribution is 2.30. The minimum Gasteiger partial charge on any atom is -0.291 e. The Balaban J connectivity index is 2.62. The molecule has 1 unspecified atom stereocenters. The third-order valence-corrected chi connectivity index (χ3v) is 3.89. The maximum absolute atomic E-state index is 11.7. The van der Waals surface area contributed by atoms with Crippen LogP contribution in [0.25, 0.3) is 0 Å². The molecule has 84 valence electrons. The Hall–Kier alpha value is -1.60. The summed E-state index contributed by atoms with van der Waals surface area (Å²) in [5, 5.41) is 12.7. The molecule has 2 N–H and O–H groups in total. The first-order valence-corrected chi connectivity index (χ1v) is 6.09. The van der Waals surface area contributed by atoms with Gasteiger partial charge in [-0.15, -0.1) is 0 Å². The fourth-order valence-corrected chi connectivity index (χ4v) is 2.45. The molecule has 0 aromatic carbocycles. The molecule has 0 radical (unpaired) electrons. The van der Waals surface area contributed by atoms with E-state index in [0.717, 1.165) is 0 Å². The molecule has 0 saturated heterocycles. The van der Waals surface area contributed by atoms with Crippen LogP contribution in [-0.4, -0.2) is 31.4 Å². The Labute approximate surface area is 93.0 Å². The van der Waals surface area contributed by atoms with E-state index < -0.39 is 14.8 Å². The van der Waals surface area contributed by atoms with E-state index in [4.69, 9.17) is 5.14 Å². The first-order chi connectivity index (χ1) is 7.56. The standard InChI is InChI=1S/C9H10N4O2S/c10-16(14,15)9(4-2-5-11-7-9)8-3-1-6-12-13-8/h1-6H,7H2,(H2,10,14,15). The molecule has 2 heterocycles. The Bertz CT molecular complexity index is 538. The molecule has 1 aromatic heterocycles. The van der Waals surface area contributed by atoms with Gasteiger partial charge in [0, 0.05) is 12.4 Å². The van der Waals surface area contributed by atoms with Crippen LogP contribution < -0.4 is 5.14 Å². The van der Waals surface area contributed by atoms with Gasteiger partial charge < -0.3 is 0 Å². The lowest BCUT2D eigenvalue weighted by Crippen LogP contribution is -2.43. The maximum atomic E-state index is 11.7. The number of aromatic nitrogens is 2. The van der Waals surface area contributed by atoms with Gasteiger partial charge in [0.15, 0.2) is 4.75 Å². The molecule has 0 amide bonds. The summed E-state index contributed by atoms with van der Waals surface area (Å²) >= 11 is 0. The topological polar surface area (TPSA) is 98.3 Å². The molecule has 0 bridgehead atoms. The SMILES string of the molecule is NS(=O)(=O)C1(c2cccnn2)C=CC=NC1. The van der Waals surface area contributed by atoms with Crippen molar-refractivity contribution in [3.05, 3.63) is 36.2 Å². The van der Waals surface area contributed by atoms with E-state index in [-0.39, 0.29) is 12.2 Å². The van der Waals surface area contributed by atoms with Crippen LogP contribution in [0.1, 0.15) is 5.69 Å². The van der Waals surface area contributed by atoms with Gasteiger partial charge in [-0.2, -0.15) is 10.2 Å². The third-order valence-electron chi connectivity index (χ3n) is 2.40. The number of dihydropyridines is 1. The summed E-state index contributed by atoms with van der Waals surface area (Å²) in [5.74, 6) is 0. The molecule has 1 atom stereocenters. The molecule has 6 nitrogen and oxygen atoms in total. The van der Waals surface area contributed by atoms with Gasteiger partial charge >= 0.3 is 0 Å². The molecule has 1 aliphatic rings. The highest BCUT2D eigenvalue weighted by Gasteiger charge is 2.43. The van der Waals surface area contributed by atoms with E-state index in [0.29, 0.717) is 0 Å². The van der Waals surface area contributed by atoms with Gasteiger partial charge in [0.05, 0.1) is 12.2 Å². The van der Waals surface area contributed by atoms with Crippen LogP contribution in [-0.2, 0) is 14.8 Å². The van der Waals surface area contributed by atoms with Gasteiger partial charge in [-0.05, 0) is 18.2 Å². The van der Waals surface area contributed by atoms with Crippen molar-refractivity contribution in [2.24, 2.45) is 10.1 Å². The summed E-state index contributed by atoms with van der Waals surface area (Å²) in [7, 11) is -3.84. The normalized spacial score (nSPS) is 24.6. The molecule has 2 rings (SSSR count). The largest absolute Gasteiger partial charge is 0.291 e. The van der Waals surface area contributed by atoms with Crippen molar-refractivity contribution >= 4 is 16.2 Å². The second-order valence-corrected chi connectivity index (χ2v) is 5.21. The zero-order valence-corrected chi connectivity index (χ0v) is 9.13. The van der Waals surface area contributed by atoms with Crippen LogP contribution in [0.5, 0.6) is 0 Å². The third kappa shape index (κ3) is 1.63. The first kappa shape index (κ1) is 10.9. The van der Waals surface area contributed by atoms with Crippen LogP contribution in [0.15, 0.2) is 35.5 Å². The minimum atomic E-state index is -3.84. The maximum Gasteiger partial charge on any atom is 0.226 e. The highest BCUT2D eigenvalue weighted by molar-refractivity contribution is 7.90. The van der Waals surface area contributed by atoms with Crippen molar-refractivity contribution in [3.8, 4) is 0 Å². The summed E-state index contributed by atoms with van der Waals surface area (Å²) in [5.41, 5.74) is 0.283. The van der Waals surface area contributed by atoms with E-state index in [1.165, 1.54) is 18.5 Å². The Morgan fingerprint density at radius 1 is 1.44 bits per heavy atom. The lowest BCUT2D eigenvalue weighted by atomic mass is 10.0. The first-order valence-electron chi connectivity index (χ1n) is 4.54. The van der Waals surface area contributed by atoms with E-state index in [9.17, 15) is 8.42 Å². The summed E-state index contributed by atoms with van der Waals surface area (Å²) in [6.45, 7) is 0.0288. The van der Waals surface area contributed by atoms with Crippen molar-refractivity contribution in [1.29, 1.82) is 0 Å². The fourth-order valence-electron chi connectivity index (χ4n) is 1.52. The van der Waals surface area contributed by atoms with Gasteiger partial charge in [0.2, 0.25) is 10.0 Å². The number of nitrogens with two attached hydrogens (primary N) is 1. The van der Waals surface area contributed by atoms with Crippen LogP contribution >= 0.6 is 0 Å². The van der Waals surface area contributed by atoms with Gasteiger partial charge in [-0.25, -0.2) is 13.6 Å². The minimum absolute atomic E-state index is 0.0288. The summed E-state index contributed by atoms with van der Waals surface area (Å²) < 4.78 is 22.0. The molecular weight excluding hydrogens is 228 g/mol. The highest BCUT2D eigenvalue weighted by atomic mass is 32.2. The zero-order valence-electron chi connectivity index (χ0n) is 8.31. The van der Waals surface area contributed by atoms with Crippen LogP contribution in [0.3, 0.4) is 0 Å². The summed E-state index contributed by atoms with van der Waals surface area (Å²) in [6.07, 6.45) is 6.03. The van der Waals surface area contributed by atoms with Crippen LogP contribution in [0.4, 0.5) is 0 Å². The van der Waals surface area contributed by atoms with E-state index >= 15 is 0 Å². The number of aliphatic imine (C=N–C) groups is 1. The van der Waals surface area contributed by atoms with Gasteiger partial charge in [-0.1, -0.05) is 6.08 Å². The molecule has 1 aliphatic heterocycles. The lowest BCUT2D eigenvalue weighted by molar-refractivity contribution is 0.554. The molecule has 7 heteroatoms. The van der Waals surface area contributed by atoms with Crippen molar-refractivity contribution in [1.82, 2.24) is 10.2 Å². The number of rotatable bonds is 2. The number of hydrogen-bond acceptors (Lipinski definition) is 5. The molecule has 0 aliphatic carbocycles. The lowest BCUT2D eigenvalue weighted by Gasteiger charge is -2.26. The van der Waals surface area contributed by atoms with Crippen molar-refractivity contribution < 1.29 is 8.42 Å². The fraction of sp³-hybridized carbons (Fsp3) is 0.222. The number of allylic oxidation sites excluding steroid dienone is 1. The quantitative estimate of drug-likeness (QED) is 0.757.